The molecule has 0 amide bonds. The summed E-state index contributed by atoms with van der Waals surface area (Å²) in [6, 6.07) is 0. The topological polar surface area (TPSA) is 149 Å². The summed E-state index contributed by atoms with van der Waals surface area (Å²) in [7, 11) is -4.59. The van der Waals surface area contributed by atoms with E-state index >= 15 is 0 Å². The number of rotatable bonds is 25. The lowest BCUT2D eigenvalue weighted by Crippen LogP contribution is -2.28. The third-order valence-corrected chi connectivity index (χ3v) is 6.42. The lowest BCUT2D eigenvalue weighted by Gasteiger charge is -2.20. The summed E-state index contributed by atoms with van der Waals surface area (Å²) in [5.74, 6) is -1.13. The molecule has 0 aliphatic heterocycles. The quantitative estimate of drug-likeness (QED) is 0.0588. The van der Waals surface area contributed by atoms with Gasteiger partial charge in [0.1, 0.15) is 12.2 Å². The molecule has 10 nitrogen and oxygen atoms in total. The second kappa shape index (κ2) is 24.5. The Bertz CT molecular complexity index is 710. The molecule has 0 fully saturated rings. The molecule has 3 unspecified atom stereocenters. The van der Waals surface area contributed by atoms with E-state index < -0.39 is 58.4 Å². The fraction of sp³-hybridized carbons (Fsp3) is 0.778. The Kier molecular flexibility index (Phi) is 23.5. The predicted molar refractivity (Wildman–Crippen MR) is 145 cm³/mol. The fourth-order valence-electron chi connectivity index (χ4n) is 3.23. The van der Waals surface area contributed by atoms with Crippen LogP contribution in [0.3, 0.4) is 0 Å². The van der Waals surface area contributed by atoms with Gasteiger partial charge in [-0.25, -0.2) is 4.57 Å². The molecule has 3 atom stereocenters. The Labute approximate surface area is 228 Å². The Morgan fingerprint density at radius 1 is 0.737 bits per heavy atom. The second-order valence-corrected chi connectivity index (χ2v) is 10.4. The monoisotopic (exact) mass is 564 g/mol. The molecule has 0 saturated carbocycles. The van der Waals surface area contributed by atoms with E-state index in [9.17, 15) is 24.2 Å². The zero-order valence-corrected chi connectivity index (χ0v) is 24.0. The fourth-order valence-corrected chi connectivity index (χ4v) is 4.02. The van der Waals surface area contributed by atoms with Gasteiger partial charge in [-0.15, -0.1) is 0 Å². The summed E-state index contributed by atoms with van der Waals surface area (Å²) in [4.78, 5) is 33.0. The zero-order valence-electron chi connectivity index (χ0n) is 23.1. The minimum absolute atomic E-state index is 0.0719. The maximum Gasteiger partial charge on any atom is 0.472 e. The number of phosphoric ester groups is 1. The SMILES string of the molecule is CCCCC/C=C\C/C=C\CCCCCCCC(=O)OC(CO)COP(=O)(O)OCC(CO)OC(=O)CC. The average Bonchev–Trinajstić information content (AvgIpc) is 2.90. The Hall–Kier alpha value is -1.55. The Morgan fingerprint density at radius 2 is 1.24 bits per heavy atom. The summed E-state index contributed by atoms with van der Waals surface area (Å²) >= 11 is 0. The van der Waals surface area contributed by atoms with E-state index in [1.807, 2.05) is 0 Å². The van der Waals surface area contributed by atoms with E-state index in [1.165, 1.54) is 19.3 Å². The van der Waals surface area contributed by atoms with Crippen molar-refractivity contribution in [2.45, 2.75) is 110 Å². The molecule has 0 spiro atoms. The first-order chi connectivity index (χ1) is 18.3. The first-order valence-corrected chi connectivity index (χ1v) is 15.3. The van der Waals surface area contributed by atoms with Crippen molar-refractivity contribution in [1.82, 2.24) is 0 Å². The lowest BCUT2D eigenvalue weighted by molar-refractivity contribution is -0.153. The van der Waals surface area contributed by atoms with Crippen LogP contribution in [-0.2, 0) is 32.7 Å². The van der Waals surface area contributed by atoms with Gasteiger partial charge in [0.05, 0.1) is 26.4 Å². The molecule has 0 aromatic rings. The van der Waals surface area contributed by atoms with Gasteiger partial charge < -0.3 is 24.6 Å². The van der Waals surface area contributed by atoms with Gasteiger partial charge in [-0.3, -0.25) is 18.6 Å². The number of allylic oxidation sites excluding steroid dienone is 4. The highest BCUT2D eigenvalue weighted by Gasteiger charge is 2.27. The average molecular weight is 565 g/mol. The predicted octanol–water partition coefficient (Wildman–Crippen LogP) is 5.15. The maximum absolute atomic E-state index is 12.0. The Balaban J connectivity index is 3.94. The number of aliphatic hydroxyl groups excluding tert-OH is 2. The molecule has 0 aromatic carbocycles. The lowest BCUT2D eigenvalue weighted by atomic mass is 10.1. The van der Waals surface area contributed by atoms with E-state index in [2.05, 4.69) is 31.2 Å². The highest BCUT2D eigenvalue weighted by molar-refractivity contribution is 7.47. The first-order valence-electron chi connectivity index (χ1n) is 13.8. The number of esters is 2. The largest absolute Gasteiger partial charge is 0.472 e. The number of unbranched alkanes of at least 4 members (excludes halogenated alkanes) is 8. The second-order valence-electron chi connectivity index (χ2n) is 8.98. The van der Waals surface area contributed by atoms with Crippen molar-refractivity contribution in [2.24, 2.45) is 0 Å². The first kappa shape index (κ1) is 36.5. The normalized spacial score (nSPS) is 15.0. The van der Waals surface area contributed by atoms with Gasteiger partial charge in [0, 0.05) is 12.8 Å². The van der Waals surface area contributed by atoms with Gasteiger partial charge in [-0.05, 0) is 38.5 Å². The van der Waals surface area contributed by atoms with Crippen molar-refractivity contribution in [3.05, 3.63) is 24.3 Å². The Morgan fingerprint density at radius 3 is 1.76 bits per heavy atom. The highest BCUT2D eigenvalue weighted by Crippen LogP contribution is 2.43. The van der Waals surface area contributed by atoms with Gasteiger partial charge in [-0.2, -0.15) is 0 Å². The van der Waals surface area contributed by atoms with Crippen LogP contribution >= 0.6 is 7.82 Å². The number of ether oxygens (including phenoxy) is 2. The molecular weight excluding hydrogens is 515 g/mol. The molecule has 0 radical (unpaired) electrons. The van der Waals surface area contributed by atoms with Gasteiger partial charge in [0.25, 0.3) is 0 Å². The number of phosphoric acid groups is 1. The molecule has 0 bridgehead atoms. The highest BCUT2D eigenvalue weighted by atomic mass is 31.2. The summed E-state index contributed by atoms with van der Waals surface area (Å²) in [5.41, 5.74) is 0. The van der Waals surface area contributed by atoms with Crippen molar-refractivity contribution in [1.29, 1.82) is 0 Å². The third-order valence-electron chi connectivity index (χ3n) is 5.47. The van der Waals surface area contributed by atoms with Crippen LogP contribution in [0.4, 0.5) is 0 Å². The number of hydrogen-bond acceptors (Lipinski definition) is 9. The van der Waals surface area contributed by atoms with Crippen molar-refractivity contribution in [2.75, 3.05) is 26.4 Å². The molecule has 3 N–H and O–H groups in total. The van der Waals surface area contributed by atoms with E-state index in [-0.39, 0.29) is 12.8 Å². The van der Waals surface area contributed by atoms with E-state index in [4.69, 9.17) is 23.6 Å². The number of carbonyl (C=O) groups is 2. The van der Waals surface area contributed by atoms with E-state index in [0.717, 1.165) is 44.9 Å². The summed E-state index contributed by atoms with van der Waals surface area (Å²) in [6.45, 7) is 1.45. The molecule has 11 heteroatoms. The maximum atomic E-state index is 12.0. The number of aliphatic hydroxyl groups is 2. The summed E-state index contributed by atoms with van der Waals surface area (Å²) in [5, 5.41) is 18.6. The van der Waals surface area contributed by atoms with Crippen molar-refractivity contribution < 1.29 is 47.8 Å². The van der Waals surface area contributed by atoms with Gasteiger partial charge in [0.15, 0.2) is 0 Å². The van der Waals surface area contributed by atoms with Crippen LogP contribution in [0.2, 0.25) is 0 Å². The van der Waals surface area contributed by atoms with E-state index in [1.54, 1.807) is 6.92 Å². The molecule has 0 rings (SSSR count). The third kappa shape index (κ3) is 22.4. The van der Waals surface area contributed by atoms with Gasteiger partial charge in [-0.1, -0.05) is 70.3 Å². The van der Waals surface area contributed by atoms with Crippen LogP contribution in [0.5, 0.6) is 0 Å². The molecular formula is C27H49O10P. The van der Waals surface area contributed by atoms with Crippen molar-refractivity contribution in [3.8, 4) is 0 Å². The molecule has 0 aromatic heterocycles. The van der Waals surface area contributed by atoms with Crippen LogP contribution < -0.4 is 0 Å². The van der Waals surface area contributed by atoms with Gasteiger partial charge in [0.2, 0.25) is 0 Å². The van der Waals surface area contributed by atoms with E-state index in [0.29, 0.717) is 6.42 Å². The molecule has 0 heterocycles. The molecule has 222 valence electrons. The van der Waals surface area contributed by atoms with Crippen molar-refractivity contribution in [3.63, 3.8) is 0 Å². The standard InChI is InChI=1S/C27H49O10P/c1-3-5-6-7-8-9-10-11-12-13-14-15-16-17-18-19-27(31)37-25(21-29)23-35-38(32,33)34-22-24(20-28)36-26(30)4-2/h8-9,11-12,24-25,28-29H,3-7,10,13-23H2,1-2H3,(H,32,33)/b9-8-,12-11-. The van der Waals surface area contributed by atoms with Crippen LogP contribution in [-0.4, -0.2) is 65.7 Å². The van der Waals surface area contributed by atoms with Crippen LogP contribution in [0.25, 0.3) is 0 Å². The minimum Gasteiger partial charge on any atom is -0.457 e. The minimum atomic E-state index is -4.59. The smallest absolute Gasteiger partial charge is 0.457 e. The number of hydrogen-bond donors (Lipinski definition) is 3. The van der Waals surface area contributed by atoms with Crippen LogP contribution in [0, 0.1) is 0 Å². The zero-order chi connectivity index (χ0) is 28.5. The molecule has 38 heavy (non-hydrogen) atoms. The summed E-state index contributed by atoms with van der Waals surface area (Å²) < 4.78 is 31.4. The summed E-state index contributed by atoms with van der Waals surface area (Å²) in [6.07, 6.45) is 18.6. The molecule has 0 aliphatic carbocycles. The van der Waals surface area contributed by atoms with Gasteiger partial charge >= 0.3 is 19.8 Å². The number of carbonyl (C=O) groups excluding carboxylic acids is 2. The van der Waals surface area contributed by atoms with Crippen molar-refractivity contribution >= 4 is 19.8 Å². The molecule has 0 aliphatic rings. The molecule has 0 saturated heterocycles. The van der Waals surface area contributed by atoms with Crippen LogP contribution in [0.15, 0.2) is 24.3 Å². The van der Waals surface area contributed by atoms with Crippen LogP contribution in [0.1, 0.15) is 97.3 Å².